The largest absolute Gasteiger partial charge is 0.490 e. The molecule has 0 spiro atoms. The third-order valence-electron chi connectivity index (χ3n) is 4.72. The van der Waals surface area contributed by atoms with Crippen molar-refractivity contribution >= 4 is 5.97 Å². The van der Waals surface area contributed by atoms with E-state index in [9.17, 15) is 4.79 Å². The summed E-state index contributed by atoms with van der Waals surface area (Å²) in [6.45, 7) is 5.97. The quantitative estimate of drug-likeness (QED) is 0.251. The first kappa shape index (κ1) is 22.2. The molecule has 0 aliphatic carbocycles. The van der Waals surface area contributed by atoms with Crippen LogP contribution in [0.25, 0.3) is 11.1 Å². The summed E-state index contributed by atoms with van der Waals surface area (Å²) in [6, 6.07) is 17.7. The molecule has 0 bridgehead atoms. The van der Waals surface area contributed by atoms with Crippen molar-refractivity contribution in [3.63, 3.8) is 0 Å². The minimum atomic E-state index is -0.389. The molecule has 0 saturated heterocycles. The number of benzene rings is 2. The fraction of sp³-hybridized carbons (Fsp3) is 0.360. The number of hydrogen-bond acceptors (Lipinski definition) is 4. The average Bonchev–Trinajstić information content (AvgIpc) is 2.77. The molecule has 1 unspecified atom stereocenters. The van der Waals surface area contributed by atoms with Crippen LogP contribution in [0.5, 0.6) is 5.75 Å². The number of unbranched alkanes of at least 4 members (excludes halogenated alkanes) is 2. The van der Waals surface area contributed by atoms with Gasteiger partial charge in [0.15, 0.2) is 0 Å². The van der Waals surface area contributed by atoms with E-state index >= 15 is 0 Å². The van der Waals surface area contributed by atoms with Crippen LogP contribution in [0.1, 0.15) is 51.0 Å². The molecule has 4 nitrogen and oxygen atoms in total. The number of carbonyl (C=O) groups is 1. The van der Waals surface area contributed by atoms with Gasteiger partial charge in [0.25, 0.3) is 0 Å². The molecule has 0 heterocycles. The molecule has 0 amide bonds. The van der Waals surface area contributed by atoms with Crippen LogP contribution in [-0.4, -0.2) is 18.7 Å². The van der Waals surface area contributed by atoms with Gasteiger partial charge in [0, 0.05) is 11.6 Å². The van der Waals surface area contributed by atoms with Crippen LogP contribution < -0.4 is 4.74 Å². The van der Waals surface area contributed by atoms with E-state index < -0.39 is 0 Å². The molecule has 2 aromatic rings. The number of nitrogens with zero attached hydrogens (tertiary/aromatic N) is 1. The normalized spacial score (nSPS) is 11.3. The van der Waals surface area contributed by atoms with Crippen molar-refractivity contribution in [3.8, 4) is 22.9 Å². The van der Waals surface area contributed by atoms with E-state index in [1.54, 1.807) is 0 Å². The number of ether oxygens (including phenoxy) is 2. The number of esters is 1. The van der Waals surface area contributed by atoms with Gasteiger partial charge in [-0.2, -0.15) is 5.26 Å². The summed E-state index contributed by atoms with van der Waals surface area (Å²) >= 11 is 0. The molecule has 29 heavy (non-hydrogen) atoms. The van der Waals surface area contributed by atoms with Gasteiger partial charge in [-0.25, -0.2) is 4.79 Å². The van der Waals surface area contributed by atoms with Gasteiger partial charge in [-0.1, -0.05) is 56.7 Å². The highest BCUT2D eigenvalue weighted by atomic mass is 16.5. The van der Waals surface area contributed by atoms with Crippen molar-refractivity contribution in [2.24, 2.45) is 0 Å². The Kier molecular flexibility index (Phi) is 9.51. The minimum Gasteiger partial charge on any atom is -0.490 e. The lowest BCUT2D eigenvalue weighted by Gasteiger charge is -2.21. The Labute approximate surface area is 173 Å². The van der Waals surface area contributed by atoms with Crippen molar-refractivity contribution in [2.75, 3.05) is 6.61 Å². The van der Waals surface area contributed by atoms with E-state index in [1.165, 1.54) is 12.5 Å². The molecule has 1 atom stereocenters. The van der Waals surface area contributed by atoms with Crippen LogP contribution >= 0.6 is 0 Å². The first-order chi connectivity index (χ1) is 14.2. The second kappa shape index (κ2) is 12.4. The third-order valence-corrected chi connectivity index (χ3v) is 4.72. The monoisotopic (exact) mass is 391 g/mol. The van der Waals surface area contributed by atoms with Crippen LogP contribution in [-0.2, 0) is 9.53 Å². The number of carbonyl (C=O) groups excluding carboxylic acids is 1. The summed E-state index contributed by atoms with van der Waals surface area (Å²) in [5.41, 5.74) is 2.67. The van der Waals surface area contributed by atoms with Gasteiger partial charge in [0.05, 0.1) is 24.3 Å². The smallest absolute Gasteiger partial charge is 0.330 e. The molecular formula is C25H29NO3. The van der Waals surface area contributed by atoms with Crippen LogP contribution in [0.3, 0.4) is 0 Å². The maximum atomic E-state index is 11.2. The van der Waals surface area contributed by atoms with Gasteiger partial charge >= 0.3 is 5.97 Å². The summed E-state index contributed by atoms with van der Waals surface area (Å²) in [7, 11) is 0. The lowest BCUT2D eigenvalue weighted by atomic mass is 10.0. The predicted molar refractivity (Wildman–Crippen MR) is 116 cm³/mol. The Morgan fingerprint density at radius 2 is 1.83 bits per heavy atom. The Bertz CT molecular complexity index is 821. The summed E-state index contributed by atoms with van der Waals surface area (Å²) in [6.07, 6.45) is 7.20. The predicted octanol–water partition coefficient (Wildman–Crippen LogP) is 6.06. The molecule has 0 radical (unpaired) electrons. The molecule has 2 rings (SSSR count). The molecule has 152 valence electrons. The fourth-order valence-corrected chi connectivity index (χ4v) is 3.14. The van der Waals surface area contributed by atoms with Crippen molar-refractivity contribution in [3.05, 3.63) is 66.7 Å². The lowest BCUT2D eigenvalue weighted by Crippen LogP contribution is -2.18. The van der Waals surface area contributed by atoms with E-state index in [1.807, 2.05) is 48.5 Å². The second-order valence-corrected chi connectivity index (χ2v) is 6.93. The highest BCUT2D eigenvalue weighted by molar-refractivity contribution is 5.81. The van der Waals surface area contributed by atoms with Crippen LogP contribution in [0.4, 0.5) is 0 Å². The van der Waals surface area contributed by atoms with E-state index in [0.717, 1.165) is 49.0 Å². The molecule has 0 aliphatic heterocycles. The Morgan fingerprint density at radius 1 is 1.10 bits per heavy atom. The van der Waals surface area contributed by atoms with Gasteiger partial charge in [-0.15, -0.1) is 0 Å². The molecule has 4 heteroatoms. The van der Waals surface area contributed by atoms with Crippen molar-refractivity contribution in [1.82, 2.24) is 0 Å². The van der Waals surface area contributed by atoms with Gasteiger partial charge < -0.3 is 9.47 Å². The average molecular weight is 392 g/mol. The van der Waals surface area contributed by atoms with E-state index in [-0.39, 0.29) is 12.1 Å². The molecule has 0 aliphatic rings. The van der Waals surface area contributed by atoms with Crippen LogP contribution in [0.15, 0.2) is 61.2 Å². The summed E-state index contributed by atoms with van der Waals surface area (Å²) in [5.74, 6) is 0.446. The molecule has 0 saturated carbocycles. The number of hydrogen-bond donors (Lipinski definition) is 0. The summed E-state index contributed by atoms with van der Waals surface area (Å²) in [5, 5.41) is 9.02. The topological polar surface area (TPSA) is 59.3 Å². The van der Waals surface area contributed by atoms with Crippen LogP contribution in [0, 0.1) is 11.3 Å². The standard InChI is InChI=1S/C25H29NO3/c1-3-5-6-10-22(11-9-18-28-25(27)4-2)29-24-13-8-7-12-23(24)21-16-14-20(19-26)15-17-21/h4,7-8,12-17,22H,2-3,5-6,9-11,18H2,1H3. The van der Waals surface area contributed by atoms with Gasteiger partial charge in [0.2, 0.25) is 0 Å². The SMILES string of the molecule is C=CC(=O)OCCCC(CCCCC)Oc1ccccc1-c1ccc(C#N)cc1. The molecule has 0 aromatic heterocycles. The fourth-order valence-electron chi connectivity index (χ4n) is 3.14. The van der Waals surface area contributed by atoms with Crippen LogP contribution in [0.2, 0.25) is 0 Å². The molecule has 2 aromatic carbocycles. The maximum Gasteiger partial charge on any atom is 0.330 e. The van der Waals surface area contributed by atoms with Gasteiger partial charge in [0.1, 0.15) is 5.75 Å². The highest BCUT2D eigenvalue weighted by Gasteiger charge is 2.14. The van der Waals surface area contributed by atoms with Gasteiger partial charge in [-0.3, -0.25) is 0 Å². The first-order valence-corrected chi connectivity index (χ1v) is 10.2. The number of para-hydroxylation sites is 1. The molecular weight excluding hydrogens is 362 g/mol. The lowest BCUT2D eigenvalue weighted by molar-refractivity contribution is -0.137. The zero-order valence-electron chi connectivity index (χ0n) is 17.1. The third kappa shape index (κ3) is 7.46. The van der Waals surface area contributed by atoms with E-state index in [2.05, 4.69) is 19.6 Å². The minimum absolute atomic E-state index is 0.0588. The van der Waals surface area contributed by atoms with Crippen molar-refractivity contribution in [2.45, 2.75) is 51.6 Å². The highest BCUT2D eigenvalue weighted by Crippen LogP contribution is 2.32. The van der Waals surface area contributed by atoms with Gasteiger partial charge in [-0.05, 0) is 49.4 Å². The maximum absolute atomic E-state index is 11.2. The number of rotatable bonds is 12. The second-order valence-electron chi connectivity index (χ2n) is 6.93. The Morgan fingerprint density at radius 3 is 2.52 bits per heavy atom. The molecule has 0 fully saturated rings. The summed E-state index contributed by atoms with van der Waals surface area (Å²) in [4.78, 5) is 11.2. The Balaban J connectivity index is 2.09. The Hall–Kier alpha value is -3.06. The first-order valence-electron chi connectivity index (χ1n) is 10.2. The van der Waals surface area contributed by atoms with E-state index in [4.69, 9.17) is 14.7 Å². The summed E-state index contributed by atoms with van der Waals surface area (Å²) < 4.78 is 11.5. The van der Waals surface area contributed by atoms with E-state index in [0.29, 0.717) is 12.2 Å². The number of nitriles is 1. The van der Waals surface area contributed by atoms with Crippen molar-refractivity contribution < 1.29 is 14.3 Å². The zero-order valence-corrected chi connectivity index (χ0v) is 17.1. The zero-order chi connectivity index (χ0) is 20.9. The molecule has 0 N–H and O–H groups in total. The van der Waals surface area contributed by atoms with Crippen molar-refractivity contribution in [1.29, 1.82) is 5.26 Å².